The first-order chi connectivity index (χ1) is 7.66. The van der Waals surface area contributed by atoms with Crippen LogP contribution in [-0.2, 0) is 0 Å². The minimum Gasteiger partial charge on any atom is -0.303 e. The zero-order chi connectivity index (χ0) is 13.3. The molecule has 1 aliphatic rings. The molecule has 2 atom stereocenters. The molecule has 1 aliphatic heterocycles. The van der Waals surface area contributed by atoms with E-state index in [0.717, 1.165) is 11.8 Å². The Balaban J connectivity index is 2.80. The van der Waals surface area contributed by atoms with Crippen LogP contribution in [0.3, 0.4) is 0 Å². The monoisotopic (exact) mass is 239 g/mol. The lowest BCUT2D eigenvalue weighted by Gasteiger charge is -2.50. The maximum absolute atomic E-state index is 2.68. The third-order valence-corrected chi connectivity index (χ3v) is 4.46. The highest BCUT2D eigenvalue weighted by Crippen LogP contribution is 2.45. The fraction of sp³-hybridized carbons (Fsp3) is 1.00. The average molecular weight is 239 g/mol. The van der Waals surface area contributed by atoms with Gasteiger partial charge in [0.15, 0.2) is 0 Å². The summed E-state index contributed by atoms with van der Waals surface area (Å²) in [6.45, 7) is 20.7. The van der Waals surface area contributed by atoms with Crippen LogP contribution in [0, 0.1) is 22.7 Å². The number of rotatable bonds is 2. The topological polar surface area (TPSA) is 3.24 Å². The van der Waals surface area contributed by atoms with Crippen LogP contribution >= 0.6 is 0 Å². The van der Waals surface area contributed by atoms with Gasteiger partial charge in [-0.2, -0.15) is 0 Å². The second-order valence-electron chi connectivity index (χ2n) is 8.03. The summed E-state index contributed by atoms with van der Waals surface area (Å²) in [5.41, 5.74) is 0.889. The van der Waals surface area contributed by atoms with E-state index in [0.29, 0.717) is 10.8 Å². The minimum absolute atomic E-state index is 0.435. The molecule has 0 spiro atoms. The van der Waals surface area contributed by atoms with E-state index in [1.54, 1.807) is 0 Å². The second-order valence-corrected chi connectivity index (χ2v) is 8.03. The van der Waals surface area contributed by atoms with Crippen LogP contribution in [0.2, 0.25) is 0 Å². The Bertz CT molecular complexity index is 231. The zero-order valence-corrected chi connectivity index (χ0v) is 13.1. The van der Waals surface area contributed by atoms with Crippen LogP contribution < -0.4 is 0 Å². The molecule has 1 saturated heterocycles. The highest BCUT2D eigenvalue weighted by atomic mass is 15.1. The highest BCUT2D eigenvalue weighted by molar-refractivity contribution is 4.92. The van der Waals surface area contributed by atoms with Gasteiger partial charge >= 0.3 is 0 Å². The Hall–Kier alpha value is -0.0400. The maximum Gasteiger partial charge on any atom is 0.00175 e. The molecule has 0 aliphatic carbocycles. The molecular weight excluding hydrogens is 206 g/mol. The summed E-state index contributed by atoms with van der Waals surface area (Å²) in [7, 11) is 0. The van der Waals surface area contributed by atoms with Crippen LogP contribution in [0.25, 0.3) is 0 Å². The summed E-state index contributed by atoms with van der Waals surface area (Å²) in [6.07, 6.45) is 2.67. The molecular formula is C16H33N. The molecule has 0 aromatic carbocycles. The molecule has 2 unspecified atom stereocenters. The molecule has 1 heterocycles. The molecule has 102 valence electrons. The fourth-order valence-electron chi connectivity index (χ4n) is 3.45. The first-order valence-electron chi connectivity index (χ1n) is 7.38. The Kier molecular flexibility index (Phi) is 4.68. The smallest absolute Gasteiger partial charge is 0.00175 e. The van der Waals surface area contributed by atoms with E-state index < -0.39 is 0 Å². The predicted molar refractivity (Wildman–Crippen MR) is 77.2 cm³/mol. The van der Waals surface area contributed by atoms with E-state index in [4.69, 9.17) is 0 Å². The van der Waals surface area contributed by atoms with Gasteiger partial charge in [0.1, 0.15) is 0 Å². The second kappa shape index (κ2) is 5.30. The van der Waals surface area contributed by atoms with E-state index in [1.165, 1.54) is 32.5 Å². The standard InChI is InChI=1S/C16H33N/c1-8-10-17-11-9-13(15(2,3)4)14(12-17)16(5,6)7/h13-14H,8-12H2,1-7H3. The third kappa shape index (κ3) is 3.98. The van der Waals surface area contributed by atoms with Crippen molar-refractivity contribution in [2.45, 2.75) is 61.3 Å². The Morgan fingerprint density at radius 3 is 1.88 bits per heavy atom. The largest absolute Gasteiger partial charge is 0.303 e. The Morgan fingerprint density at radius 2 is 1.47 bits per heavy atom. The van der Waals surface area contributed by atoms with Crippen LogP contribution in [-0.4, -0.2) is 24.5 Å². The van der Waals surface area contributed by atoms with E-state index in [1.807, 2.05) is 0 Å². The predicted octanol–water partition coefficient (Wildman–Crippen LogP) is 4.43. The van der Waals surface area contributed by atoms with Crippen molar-refractivity contribution in [2.75, 3.05) is 19.6 Å². The highest BCUT2D eigenvalue weighted by Gasteiger charge is 2.41. The van der Waals surface area contributed by atoms with Gasteiger partial charge in [-0.15, -0.1) is 0 Å². The number of hydrogen-bond donors (Lipinski definition) is 0. The lowest BCUT2D eigenvalue weighted by atomic mass is 9.61. The van der Waals surface area contributed by atoms with E-state index in [2.05, 4.69) is 53.4 Å². The van der Waals surface area contributed by atoms with Crippen molar-refractivity contribution in [3.8, 4) is 0 Å². The molecule has 1 fully saturated rings. The molecule has 0 saturated carbocycles. The molecule has 1 heteroatoms. The number of nitrogens with zero attached hydrogens (tertiary/aromatic N) is 1. The molecule has 0 radical (unpaired) electrons. The first kappa shape index (κ1) is 15.0. The molecule has 1 rings (SSSR count). The number of hydrogen-bond acceptors (Lipinski definition) is 1. The molecule has 0 aromatic heterocycles. The van der Waals surface area contributed by atoms with E-state index in [9.17, 15) is 0 Å². The van der Waals surface area contributed by atoms with Crippen molar-refractivity contribution >= 4 is 0 Å². The SMILES string of the molecule is CCCN1CCC(C(C)(C)C)C(C(C)(C)C)C1. The molecule has 0 bridgehead atoms. The van der Waals surface area contributed by atoms with Crippen molar-refractivity contribution in [3.05, 3.63) is 0 Å². The zero-order valence-electron chi connectivity index (χ0n) is 13.1. The van der Waals surface area contributed by atoms with Gasteiger partial charge in [0.2, 0.25) is 0 Å². The Labute approximate surface area is 109 Å². The quantitative estimate of drug-likeness (QED) is 0.689. The first-order valence-corrected chi connectivity index (χ1v) is 7.38. The fourth-order valence-corrected chi connectivity index (χ4v) is 3.45. The summed E-state index contributed by atoms with van der Waals surface area (Å²) in [5.74, 6) is 1.71. The van der Waals surface area contributed by atoms with Gasteiger partial charge in [-0.25, -0.2) is 0 Å². The molecule has 0 N–H and O–H groups in total. The number of likely N-dealkylation sites (tertiary alicyclic amines) is 1. The van der Waals surface area contributed by atoms with Gasteiger partial charge in [0.25, 0.3) is 0 Å². The molecule has 1 nitrogen and oxygen atoms in total. The third-order valence-electron chi connectivity index (χ3n) is 4.46. The van der Waals surface area contributed by atoms with Gasteiger partial charge < -0.3 is 4.90 Å². The summed E-state index contributed by atoms with van der Waals surface area (Å²) < 4.78 is 0. The van der Waals surface area contributed by atoms with Crippen LogP contribution in [0.5, 0.6) is 0 Å². The average Bonchev–Trinajstić information content (AvgIpc) is 2.15. The van der Waals surface area contributed by atoms with Crippen molar-refractivity contribution in [2.24, 2.45) is 22.7 Å². The lowest BCUT2D eigenvalue weighted by molar-refractivity contribution is -0.00696. The van der Waals surface area contributed by atoms with Gasteiger partial charge in [0, 0.05) is 6.54 Å². The van der Waals surface area contributed by atoms with E-state index >= 15 is 0 Å². The maximum atomic E-state index is 2.68. The number of piperidine rings is 1. The van der Waals surface area contributed by atoms with Crippen molar-refractivity contribution in [1.29, 1.82) is 0 Å². The van der Waals surface area contributed by atoms with Crippen molar-refractivity contribution in [3.63, 3.8) is 0 Å². The van der Waals surface area contributed by atoms with Crippen LogP contribution in [0.15, 0.2) is 0 Å². The summed E-state index contributed by atoms with van der Waals surface area (Å²) in [6, 6.07) is 0. The van der Waals surface area contributed by atoms with Crippen LogP contribution in [0.1, 0.15) is 61.3 Å². The van der Waals surface area contributed by atoms with Gasteiger partial charge in [-0.05, 0) is 48.6 Å². The summed E-state index contributed by atoms with van der Waals surface area (Å²) >= 11 is 0. The van der Waals surface area contributed by atoms with E-state index in [-0.39, 0.29) is 0 Å². The van der Waals surface area contributed by atoms with Crippen molar-refractivity contribution < 1.29 is 0 Å². The van der Waals surface area contributed by atoms with Gasteiger partial charge in [-0.1, -0.05) is 48.5 Å². The van der Waals surface area contributed by atoms with Crippen LogP contribution in [0.4, 0.5) is 0 Å². The summed E-state index contributed by atoms with van der Waals surface area (Å²) in [5, 5.41) is 0. The molecule has 0 aromatic rings. The molecule has 17 heavy (non-hydrogen) atoms. The normalized spacial score (nSPS) is 28.4. The minimum atomic E-state index is 0.435. The van der Waals surface area contributed by atoms with Crippen molar-refractivity contribution in [1.82, 2.24) is 4.90 Å². The van der Waals surface area contributed by atoms with Gasteiger partial charge in [0.05, 0.1) is 0 Å². The molecule has 0 amide bonds. The Morgan fingerprint density at radius 1 is 0.941 bits per heavy atom. The lowest BCUT2D eigenvalue weighted by Crippen LogP contribution is -2.49. The summed E-state index contributed by atoms with van der Waals surface area (Å²) in [4.78, 5) is 2.68. The van der Waals surface area contributed by atoms with Gasteiger partial charge in [-0.3, -0.25) is 0 Å².